The maximum atomic E-state index is 13.2. The molecule has 7 nitrogen and oxygen atoms in total. The molecular weight excluding hydrogens is 433 g/mol. The predicted molar refractivity (Wildman–Crippen MR) is 121 cm³/mol. The van der Waals surface area contributed by atoms with E-state index in [1.807, 2.05) is 6.92 Å². The third-order valence-corrected chi connectivity index (χ3v) is 5.50. The highest BCUT2D eigenvalue weighted by atomic mass is 32.1. The highest BCUT2D eigenvalue weighted by Crippen LogP contribution is 2.24. The van der Waals surface area contributed by atoms with Crippen molar-refractivity contribution in [1.82, 2.24) is 9.80 Å². The second-order valence-corrected chi connectivity index (χ2v) is 7.55. The summed E-state index contributed by atoms with van der Waals surface area (Å²) in [7, 11) is 0. The highest BCUT2D eigenvalue weighted by Gasteiger charge is 2.42. The summed E-state index contributed by atoms with van der Waals surface area (Å²) in [5.41, 5.74) is 1.65. The first kappa shape index (κ1) is 23.3. The van der Waals surface area contributed by atoms with Crippen LogP contribution < -0.4 is 5.32 Å². The Balaban J connectivity index is 1.70. The summed E-state index contributed by atoms with van der Waals surface area (Å²) in [5, 5.41) is 3.09. The van der Waals surface area contributed by atoms with E-state index in [1.54, 1.807) is 48.2 Å². The van der Waals surface area contributed by atoms with Crippen molar-refractivity contribution in [3.63, 3.8) is 0 Å². The van der Waals surface area contributed by atoms with E-state index in [-0.39, 0.29) is 37.2 Å². The molecule has 0 bridgehead atoms. The number of halogens is 1. The monoisotopic (exact) mass is 457 g/mol. The summed E-state index contributed by atoms with van der Waals surface area (Å²) >= 11 is 5.46. The van der Waals surface area contributed by atoms with Crippen LogP contribution >= 0.6 is 12.2 Å². The summed E-state index contributed by atoms with van der Waals surface area (Å²) in [6.45, 7) is 4.49. The maximum Gasteiger partial charge on any atom is 0.338 e. The lowest BCUT2D eigenvalue weighted by atomic mass is 10.1. The Labute approximate surface area is 191 Å². The largest absolute Gasteiger partial charge is 0.462 e. The van der Waals surface area contributed by atoms with E-state index in [1.165, 1.54) is 17.0 Å². The van der Waals surface area contributed by atoms with Gasteiger partial charge in [0.05, 0.1) is 18.6 Å². The Hall–Kier alpha value is -3.33. The van der Waals surface area contributed by atoms with Crippen LogP contribution in [0.25, 0.3) is 0 Å². The van der Waals surface area contributed by atoms with E-state index < -0.39 is 12.0 Å². The van der Waals surface area contributed by atoms with Crippen molar-refractivity contribution in [3.8, 4) is 0 Å². The fourth-order valence-electron chi connectivity index (χ4n) is 3.44. The van der Waals surface area contributed by atoms with Gasteiger partial charge in [-0.15, -0.1) is 0 Å². The minimum Gasteiger partial charge on any atom is -0.462 e. The number of esters is 1. The van der Waals surface area contributed by atoms with Crippen molar-refractivity contribution in [1.29, 1.82) is 0 Å². The Bertz CT molecular complexity index is 1010. The van der Waals surface area contributed by atoms with Crippen LogP contribution in [0.4, 0.5) is 10.1 Å². The van der Waals surface area contributed by atoms with Gasteiger partial charge in [-0.1, -0.05) is 12.1 Å². The van der Waals surface area contributed by atoms with E-state index in [0.29, 0.717) is 22.9 Å². The maximum absolute atomic E-state index is 13.2. The molecule has 2 amide bonds. The molecule has 2 aromatic rings. The SMILES string of the molecule is CCOC(=O)c1ccc(NC(=O)C[C@@H]2C(=O)N(CC)C(=S)N2Cc2ccc(F)cc2)cc1. The number of thiocarbonyl (C=S) groups is 1. The fourth-order valence-corrected chi connectivity index (χ4v) is 3.85. The topological polar surface area (TPSA) is 78.9 Å². The highest BCUT2D eigenvalue weighted by molar-refractivity contribution is 7.80. The molecule has 3 rings (SSSR count). The zero-order chi connectivity index (χ0) is 23.3. The van der Waals surface area contributed by atoms with Gasteiger partial charge in [-0.3, -0.25) is 14.5 Å². The van der Waals surface area contributed by atoms with E-state index in [0.717, 1.165) is 5.56 Å². The molecule has 9 heteroatoms. The van der Waals surface area contributed by atoms with Gasteiger partial charge >= 0.3 is 5.97 Å². The molecule has 0 aliphatic carbocycles. The number of nitrogens with one attached hydrogen (secondary N) is 1. The lowest BCUT2D eigenvalue weighted by Gasteiger charge is -2.24. The zero-order valence-electron chi connectivity index (χ0n) is 17.8. The Morgan fingerprint density at radius 3 is 2.34 bits per heavy atom. The van der Waals surface area contributed by atoms with Crippen LogP contribution in [-0.2, 0) is 20.9 Å². The molecule has 0 saturated carbocycles. The molecular formula is C23H24FN3O4S. The summed E-state index contributed by atoms with van der Waals surface area (Å²) in [6, 6.07) is 11.5. The molecule has 1 aliphatic rings. The molecule has 1 heterocycles. The minimum absolute atomic E-state index is 0.101. The van der Waals surface area contributed by atoms with Crippen molar-refractivity contribution in [2.75, 3.05) is 18.5 Å². The molecule has 1 fully saturated rings. The van der Waals surface area contributed by atoms with E-state index in [9.17, 15) is 18.8 Å². The van der Waals surface area contributed by atoms with Gasteiger partial charge in [0.1, 0.15) is 11.9 Å². The van der Waals surface area contributed by atoms with Crippen molar-refractivity contribution in [3.05, 3.63) is 65.5 Å². The van der Waals surface area contributed by atoms with Gasteiger partial charge in [-0.2, -0.15) is 0 Å². The van der Waals surface area contributed by atoms with Crippen LogP contribution in [0.3, 0.4) is 0 Å². The van der Waals surface area contributed by atoms with Gasteiger partial charge in [0, 0.05) is 18.8 Å². The summed E-state index contributed by atoms with van der Waals surface area (Å²) < 4.78 is 18.2. The van der Waals surface area contributed by atoms with Gasteiger partial charge in [-0.05, 0) is 68.0 Å². The zero-order valence-corrected chi connectivity index (χ0v) is 18.7. The molecule has 2 aromatic carbocycles. The summed E-state index contributed by atoms with van der Waals surface area (Å²) in [4.78, 5) is 40.5. The van der Waals surface area contributed by atoms with Crippen molar-refractivity contribution < 1.29 is 23.5 Å². The summed E-state index contributed by atoms with van der Waals surface area (Å²) in [6.07, 6.45) is -0.101. The van der Waals surface area contributed by atoms with E-state index >= 15 is 0 Å². The van der Waals surface area contributed by atoms with Gasteiger partial charge < -0.3 is 15.0 Å². The molecule has 0 aromatic heterocycles. The molecule has 32 heavy (non-hydrogen) atoms. The van der Waals surface area contributed by atoms with Crippen LogP contribution in [-0.4, -0.2) is 51.9 Å². The van der Waals surface area contributed by atoms with Crippen molar-refractivity contribution in [2.24, 2.45) is 0 Å². The first-order valence-electron chi connectivity index (χ1n) is 10.3. The number of rotatable bonds is 8. The smallest absolute Gasteiger partial charge is 0.338 e. The van der Waals surface area contributed by atoms with Gasteiger partial charge in [-0.25, -0.2) is 9.18 Å². The van der Waals surface area contributed by atoms with Gasteiger partial charge in [0.25, 0.3) is 5.91 Å². The second-order valence-electron chi connectivity index (χ2n) is 7.19. The lowest BCUT2D eigenvalue weighted by molar-refractivity contribution is -0.130. The number of likely N-dealkylation sites (N-methyl/N-ethyl adjacent to an activating group) is 1. The van der Waals surface area contributed by atoms with Crippen molar-refractivity contribution >= 4 is 40.8 Å². The molecule has 1 N–H and O–H groups in total. The third kappa shape index (κ3) is 5.28. The van der Waals surface area contributed by atoms with Crippen LogP contribution in [0.1, 0.15) is 36.2 Å². The second kappa shape index (κ2) is 10.3. The van der Waals surface area contributed by atoms with E-state index in [4.69, 9.17) is 17.0 Å². The van der Waals surface area contributed by atoms with Gasteiger partial charge in [0.2, 0.25) is 5.91 Å². The average molecular weight is 458 g/mol. The molecule has 0 radical (unpaired) electrons. The Kier molecular flexibility index (Phi) is 7.53. The number of ether oxygens (including phenoxy) is 1. The Morgan fingerprint density at radius 1 is 1.09 bits per heavy atom. The van der Waals surface area contributed by atoms with Crippen LogP contribution in [0, 0.1) is 5.82 Å². The standard InChI is InChI=1S/C23H24FN3O4S/c1-3-26-21(29)19(27(23(26)32)14-15-5-9-17(24)10-6-15)13-20(28)25-18-11-7-16(8-12-18)22(30)31-4-2/h5-12,19H,3-4,13-14H2,1-2H3,(H,25,28)/t19-/m1/s1. The number of benzene rings is 2. The van der Waals surface area contributed by atoms with E-state index in [2.05, 4.69) is 5.32 Å². The first-order valence-corrected chi connectivity index (χ1v) is 10.7. The number of hydrogen-bond acceptors (Lipinski definition) is 5. The number of amides is 2. The summed E-state index contributed by atoms with van der Waals surface area (Å²) in [5.74, 6) is -1.40. The lowest BCUT2D eigenvalue weighted by Crippen LogP contribution is -2.37. The number of hydrogen-bond donors (Lipinski definition) is 1. The molecule has 168 valence electrons. The van der Waals surface area contributed by atoms with Gasteiger partial charge in [0.15, 0.2) is 5.11 Å². The van der Waals surface area contributed by atoms with Crippen LogP contribution in [0.2, 0.25) is 0 Å². The average Bonchev–Trinajstić information content (AvgIpc) is 2.99. The predicted octanol–water partition coefficient (Wildman–Crippen LogP) is 3.35. The number of carbonyl (C=O) groups is 3. The third-order valence-electron chi connectivity index (χ3n) is 5.04. The van der Waals surface area contributed by atoms with Crippen LogP contribution in [0.15, 0.2) is 48.5 Å². The molecule has 1 aliphatic heterocycles. The van der Waals surface area contributed by atoms with Crippen molar-refractivity contribution in [2.45, 2.75) is 32.9 Å². The number of anilines is 1. The minimum atomic E-state index is -0.758. The fraction of sp³-hybridized carbons (Fsp3) is 0.304. The first-order chi connectivity index (χ1) is 15.3. The van der Waals surface area contributed by atoms with Crippen LogP contribution in [0.5, 0.6) is 0 Å². The Morgan fingerprint density at radius 2 is 1.75 bits per heavy atom. The number of nitrogens with zero attached hydrogens (tertiary/aromatic N) is 2. The molecule has 0 unspecified atom stereocenters. The number of carbonyl (C=O) groups excluding carboxylic acids is 3. The normalized spacial score (nSPS) is 15.8. The molecule has 1 saturated heterocycles. The quantitative estimate of drug-likeness (QED) is 0.484. The molecule has 0 spiro atoms. The molecule has 1 atom stereocenters.